The Morgan fingerprint density at radius 1 is 1.00 bits per heavy atom. The van der Waals surface area contributed by atoms with E-state index < -0.39 is 23.6 Å². The number of nitrogens with one attached hydrogen (secondary N) is 1. The van der Waals surface area contributed by atoms with Gasteiger partial charge in [0, 0.05) is 27.2 Å². The van der Waals surface area contributed by atoms with Crippen LogP contribution in [0.15, 0.2) is 60.9 Å². The van der Waals surface area contributed by atoms with E-state index in [1.165, 1.54) is 23.1 Å². The summed E-state index contributed by atoms with van der Waals surface area (Å²) in [6.07, 6.45) is -3.48. The molecule has 5 rings (SSSR count). The van der Waals surface area contributed by atoms with Crippen molar-refractivity contribution < 1.29 is 22.4 Å². The summed E-state index contributed by atoms with van der Waals surface area (Å²) in [5, 5.41) is 11.1. The van der Waals surface area contributed by atoms with E-state index in [2.05, 4.69) is 25.5 Å². The predicted octanol–water partition coefficient (Wildman–Crippen LogP) is 5.75. The molecule has 5 aromatic rings. The zero-order valence-electron chi connectivity index (χ0n) is 18.3. The third-order valence-corrected chi connectivity index (χ3v) is 5.94. The molecule has 0 radical (unpaired) electrons. The van der Waals surface area contributed by atoms with Gasteiger partial charge in [-0.15, -0.1) is 5.10 Å². The molecular formula is C23H13Cl2F4N7O. The van der Waals surface area contributed by atoms with E-state index >= 15 is 0 Å². The maximum atomic E-state index is 13.8. The molecule has 2 aromatic carbocycles. The fourth-order valence-electron chi connectivity index (χ4n) is 3.49. The second-order valence-corrected chi connectivity index (χ2v) is 8.57. The van der Waals surface area contributed by atoms with Crippen molar-refractivity contribution in [2.75, 3.05) is 5.32 Å². The van der Waals surface area contributed by atoms with Gasteiger partial charge in [0.1, 0.15) is 12.1 Å². The molecule has 0 saturated heterocycles. The summed E-state index contributed by atoms with van der Waals surface area (Å²) in [4.78, 5) is 20.9. The first-order valence-electron chi connectivity index (χ1n) is 10.5. The van der Waals surface area contributed by atoms with Gasteiger partial charge >= 0.3 is 6.18 Å². The highest BCUT2D eigenvalue weighted by molar-refractivity contribution is 6.35. The number of anilines is 1. The van der Waals surface area contributed by atoms with E-state index in [-0.39, 0.29) is 35.1 Å². The molecule has 14 heteroatoms. The van der Waals surface area contributed by atoms with Gasteiger partial charge in [-0.2, -0.15) is 18.3 Å². The number of hydrogen-bond donors (Lipinski definition) is 1. The minimum atomic E-state index is -4.81. The molecule has 0 aliphatic carbocycles. The van der Waals surface area contributed by atoms with Crippen LogP contribution in [-0.4, -0.2) is 35.3 Å². The Kier molecular flexibility index (Phi) is 6.30. The van der Waals surface area contributed by atoms with Crippen molar-refractivity contribution in [1.29, 1.82) is 0 Å². The van der Waals surface area contributed by atoms with E-state index in [4.69, 9.17) is 23.2 Å². The fourth-order valence-corrected chi connectivity index (χ4v) is 4.01. The number of carbonyl (C=O) groups excluding carboxylic acids is 1. The van der Waals surface area contributed by atoms with Gasteiger partial charge in [-0.3, -0.25) is 10.1 Å². The van der Waals surface area contributed by atoms with Gasteiger partial charge in [-0.1, -0.05) is 29.3 Å². The second-order valence-electron chi connectivity index (χ2n) is 7.75. The summed E-state index contributed by atoms with van der Waals surface area (Å²) in [5.74, 6) is -1.51. The number of alkyl halides is 3. The topological polar surface area (TPSA) is 90.0 Å². The van der Waals surface area contributed by atoms with Crippen molar-refractivity contribution in [3.05, 3.63) is 93.7 Å². The molecule has 0 fully saturated rings. The molecule has 0 spiro atoms. The monoisotopic (exact) mass is 549 g/mol. The predicted molar refractivity (Wildman–Crippen MR) is 127 cm³/mol. The van der Waals surface area contributed by atoms with E-state index in [0.29, 0.717) is 20.1 Å². The summed E-state index contributed by atoms with van der Waals surface area (Å²) < 4.78 is 56.5. The molecule has 188 valence electrons. The number of nitrogens with zero attached hydrogens (tertiary/aromatic N) is 6. The zero-order chi connectivity index (χ0) is 26.3. The number of fused-ring (bicyclic) bond motifs is 1. The minimum Gasteiger partial charge on any atom is -0.288 e. The lowest BCUT2D eigenvalue weighted by atomic mass is 10.1. The number of hydrogen-bond acceptors (Lipinski definition) is 5. The first kappa shape index (κ1) is 24.7. The molecule has 1 amide bonds. The van der Waals surface area contributed by atoms with Crippen molar-refractivity contribution in [1.82, 2.24) is 29.4 Å². The molecule has 3 aromatic heterocycles. The minimum absolute atomic E-state index is 0.0645. The highest BCUT2D eigenvalue weighted by Gasteiger charge is 2.35. The number of halogens is 6. The maximum Gasteiger partial charge on any atom is 0.433 e. The average Bonchev–Trinajstić information content (AvgIpc) is 3.47. The number of aromatic nitrogens is 6. The second kappa shape index (κ2) is 9.45. The number of carbonyl (C=O) groups is 1. The third kappa shape index (κ3) is 5.11. The van der Waals surface area contributed by atoms with Crippen molar-refractivity contribution in [2.24, 2.45) is 0 Å². The lowest BCUT2D eigenvalue weighted by Crippen LogP contribution is -2.16. The van der Waals surface area contributed by atoms with Crippen molar-refractivity contribution >= 4 is 40.7 Å². The van der Waals surface area contributed by atoms with Crippen LogP contribution in [0, 0.1) is 5.82 Å². The number of amides is 1. The normalized spacial score (nSPS) is 11.7. The summed E-state index contributed by atoms with van der Waals surface area (Å²) in [7, 11) is 0. The largest absolute Gasteiger partial charge is 0.433 e. The molecule has 0 unspecified atom stereocenters. The summed E-state index contributed by atoms with van der Waals surface area (Å²) in [6.45, 7) is 0.167. The summed E-state index contributed by atoms with van der Waals surface area (Å²) >= 11 is 12.3. The smallest absolute Gasteiger partial charge is 0.288 e. The average molecular weight is 550 g/mol. The van der Waals surface area contributed by atoms with E-state index in [9.17, 15) is 22.4 Å². The lowest BCUT2D eigenvalue weighted by molar-refractivity contribution is -0.142. The van der Waals surface area contributed by atoms with Crippen LogP contribution in [0.1, 0.15) is 21.7 Å². The first-order chi connectivity index (χ1) is 17.6. The Balaban J connectivity index is 1.43. The maximum absolute atomic E-state index is 13.8. The van der Waals surface area contributed by atoms with Crippen LogP contribution in [0.4, 0.5) is 23.5 Å². The Labute approximate surface area is 215 Å². The number of benzene rings is 2. The van der Waals surface area contributed by atoms with Crippen LogP contribution in [0.25, 0.3) is 16.9 Å². The van der Waals surface area contributed by atoms with Gasteiger partial charge < -0.3 is 0 Å². The van der Waals surface area contributed by atoms with Crippen LogP contribution >= 0.6 is 23.2 Å². The standard InChI is InChI=1S/C23H13Cl2F4N7O/c24-15-2-1-3-16(25)14(15)10-35-11-30-22(34-35)32-21(37)18-9-20-31-17(12-4-6-13(26)7-5-12)8-19(23(27,28)29)36(20)33-18/h1-9,11H,10H2,(H,32,34,37). The lowest BCUT2D eigenvalue weighted by Gasteiger charge is -2.11. The van der Waals surface area contributed by atoms with Gasteiger partial charge in [0.15, 0.2) is 17.0 Å². The molecule has 1 N–H and O–H groups in total. The van der Waals surface area contributed by atoms with E-state index in [0.717, 1.165) is 24.3 Å². The van der Waals surface area contributed by atoms with Crippen LogP contribution in [0.5, 0.6) is 0 Å². The van der Waals surface area contributed by atoms with Gasteiger partial charge in [0.05, 0.1) is 12.2 Å². The fraction of sp³-hybridized carbons (Fsp3) is 0.0870. The van der Waals surface area contributed by atoms with Gasteiger partial charge in [-0.25, -0.2) is 23.6 Å². The molecule has 0 atom stereocenters. The van der Waals surface area contributed by atoms with Gasteiger partial charge in [0.2, 0.25) is 5.95 Å². The Morgan fingerprint density at radius 2 is 1.70 bits per heavy atom. The molecule has 37 heavy (non-hydrogen) atoms. The van der Waals surface area contributed by atoms with Crippen LogP contribution in [-0.2, 0) is 12.7 Å². The van der Waals surface area contributed by atoms with Gasteiger partial charge in [0.25, 0.3) is 5.91 Å². The Morgan fingerprint density at radius 3 is 2.38 bits per heavy atom. The van der Waals surface area contributed by atoms with Crippen molar-refractivity contribution in [3.63, 3.8) is 0 Å². The Bertz CT molecular complexity index is 1610. The molecule has 3 heterocycles. The molecule has 0 aliphatic heterocycles. The SMILES string of the molecule is O=C(Nc1ncn(Cc2c(Cl)cccc2Cl)n1)c1cc2nc(-c3ccc(F)cc3)cc(C(F)(F)F)n2n1. The van der Waals surface area contributed by atoms with Crippen LogP contribution in [0.2, 0.25) is 10.0 Å². The highest BCUT2D eigenvalue weighted by atomic mass is 35.5. The summed E-state index contributed by atoms with van der Waals surface area (Å²) in [6, 6.07) is 11.7. The molecule has 0 saturated carbocycles. The van der Waals surface area contributed by atoms with E-state index in [1.807, 2.05) is 0 Å². The Hall–Kier alpha value is -4.03. The molecule has 0 aliphatic rings. The van der Waals surface area contributed by atoms with Crippen molar-refractivity contribution in [3.8, 4) is 11.3 Å². The third-order valence-electron chi connectivity index (χ3n) is 5.23. The zero-order valence-corrected chi connectivity index (χ0v) is 19.9. The number of rotatable bonds is 5. The first-order valence-corrected chi connectivity index (χ1v) is 11.2. The molecule has 0 bridgehead atoms. The van der Waals surface area contributed by atoms with E-state index in [1.54, 1.807) is 18.2 Å². The van der Waals surface area contributed by atoms with Gasteiger partial charge in [-0.05, 0) is 42.5 Å². The summed E-state index contributed by atoms with van der Waals surface area (Å²) in [5.41, 5.74) is -0.947. The van der Waals surface area contributed by atoms with Crippen molar-refractivity contribution in [2.45, 2.75) is 12.7 Å². The quantitative estimate of drug-likeness (QED) is 0.282. The highest BCUT2D eigenvalue weighted by Crippen LogP contribution is 2.32. The molecule has 8 nitrogen and oxygen atoms in total. The molecular weight excluding hydrogens is 537 g/mol. The van der Waals surface area contributed by atoms with Crippen LogP contribution in [0.3, 0.4) is 0 Å². The van der Waals surface area contributed by atoms with Crippen LogP contribution < -0.4 is 5.32 Å².